The van der Waals surface area contributed by atoms with E-state index in [4.69, 9.17) is 21.3 Å². The molecule has 0 unspecified atom stereocenters. The van der Waals surface area contributed by atoms with E-state index in [0.29, 0.717) is 24.9 Å². The van der Waals surface area contributed by atoms with Crippen LogP contribution in [0.4, 0.5) is 10.3 Å². The number of hydrogen-bond acceptors (Lipinski definition) is 7. The van der Waals surface area contributed by atoms with E-state index in [-0.39, 0.29) is 44.6 Å². The van der Waals surface area contributed by atoms with Crippen molar-refractivity contribution in [2.24, 2.45) is 14.1 Å². The molecule has 2 fully saturated rings. The lowest BCUT2D eigenvalue weighted by Gasteiger charge is -2.38. The van der Waals surface area contributed by atoms with Crippen LogP contribution in [0.25, 0.3) is 22.3 Å². The number of nitrogens with zero attached hydrogens (tertiary/aromatic N) is 7. The minimum atomic E-state index is -0.544. The van der Waals surface area contributed by atoms with Crippen LogP contribution in [0.5, 0.6) is 0 Å². The van der Waals surface area contributed by atoms with Crippen molar-refractivity contribution < 1.29 is 9.13 Å². The molecule has 4 aromatic rings. The third-order valence-corrected chi connectivity index (χ3v) is 7.00. The minimum Gasteiger partial charge on any atom is -0.363 e. The van der Waals surface area contributed by atoms with Gasteiger partial charge in [0.1, 0.15) is 29.0 Å². The van der Waals surface area contributed by atoms with Gasteiger partial charge in [-0.2, -0.15) is 5.10 Å². The molecule has 1 saturated carbocycles. The van der Waals surface area contributed by atoms with E-state index in [1.54, 1.807) is 37.0 Å². The highest BCUT2D eigenvalue weighted by Gasteiger charge is 2.51. The predicted octanol–water partition coefficient (Wildman–Crippen LogP) is 3.34. The molecule has 0 amide bonds. The second kappa shape index (κ2) is 7.82. The third kappa shape index (κ3) is 3.77. The fraction of sp³-hybridized carbons (Fsp3) is 0.375. The molecule has 1 atom stereocenters. The summed E-state index contributed by atoms with van der Waals surface area (Å²) >= 11 is 5.99. The van der Waals surface area contributed by atoms with Gasteiger partial charge in [-0.15, -0.1) is 0 Å². The van der Waals surface area contributed by atoms with Gasteiger partial charge in [-0.25, -0.2) is 19.3 Å². The number of anilines is 1. The molecular weight excluding hydrogens is 473 g/mol. The fourth-order valence-electron chi connectivity index (χ4n) is 4.59. The van der Waals surface area contributed by atoms with Crippen LogP contribution in [-0.4, -0.2) is 48.0 Å². The Kier molecular flexibility index (Phi) is 4.94. The van der Waals surface area contributed by atoms with Crippen molar-refractivity contribution in [1.82, 2.24) is 29.3 Å². The summed E-state index contributed by atoms with van der Waals surface area (Å²) in [5, 5.41) is 4.55. The van der Waals surface area contributed by atoms with E-state index in [0.717, 1.165) is 18.4 Å². The highest BCUT2D eigenvalue weighted by molar-refractivity contribution is 6.30. The number of morpholine rings is 1. The third-order valence-electron chi connectivity index (χ3n) is 6.77. The van der Waals surface area contributed by atoms with Gasteiger partial charge in [0.2, 0.25) is 5.95 Å². The van der Waals surface area contributed by atoms with Gasteiger partial charge < -0.3 is 9.64 Å². The van der Waals surface area contributed by atoms with E-state index in [1.165, 1.54) is 10.6 Å². The molecule has 0 radical (unpaired) electrons. The Labute approximate surface area is 205 Å². The molecule has 2 aliphatic rings. The number of ether oxygens (including phenoxy) is 1. The lowest BCUT2D eigenvalue weighted by molar-refractivity contribution is -0.0458. The van der Waals surface area contributed by atoms with Crippen molar-refractivity contribution in [3.63, 3.8) is 0 Å². The van der Waals surface area contributed by atoms with Gasteiger partial charge in [0, 0.05) is 36.4 Å². The van der Waals surface area contributed by atoms with Gasteiger partial charge in [0.05, 0.1) is 24.9 Å². The molecular formula is C24H23ClFN7O2. The highest BCUT2D eigenvalue weighted by Crippen LogP contribution is 2.47. The van der Waals surface area contributed by atoms with Crippen LogP contribution in [0, 0.1) is 12.7 Å². The Morgan fingerprint density at radius 2 is 1.97 bits per heavy atom. The largest absolute Gasteiger partial charge is 0.363 e. The first kappa shape index (κ1) is 22.1. The zero-order chi connectivity index (χ0) is 24.5. The monoisotopic (exact) mass is 495 g/mol. The molecule has 1 aliphatic heterocycles. The van der Waals surface area contributed by atoms with Gasteiger partial charge in [-0.3, -0.25) is 14.0 Å². The van der Waals surface area contributed by atoms with E-state index in [9.17, 15) is 4.79 Å². The molecule has 1 spiro atoms. The minimum absolute atomic E-state index is 0.140. The predicted molar refractivity (Wildman–Crippen MR) is 129 cm³/mol. The second-order valence-corrected chi connectivity index (χ2v) is 9.77. The van der Waals surface area contributed by atoms with E-state index in [2.05, 4.69) is 15.1 Å². The van der Waals surface area contributed by atoms with Gasteiger partial charge >= 0.3 is 0 Å². The second-order valence-electron chi connectivity index (χ2n) is 9.33. The summed E-state index contributed by atoms with van der Waals surface area (Å²) in [6.07, 6.45) is 5.35. The lowest BCUT2D eigenvalue weighted by atomic mass is 10.1. The summed E-state index contributed by atoms with van der Waals surface area (Å²) in [6, 6.07) is 4.37. The molecule has 180 valence electrons. The number of fused-ring (bicyclic) bond motifs is 1. The van der Waals surface area contributed by atoms with Gasteiger partial charge in [-0.1, -0.05) is 11.6 Å². The van der Waals surface area contributed by atoms with Crippen LogP contribution in [0.15, 0.2) is 35.4 Å². The molecule has 4 heterocycles. The first-order valence-corrected chi connectivity index (χ1v) is 11.7. The average molecular weight is 496 g/mol. The van der Waals surface area contributed by atoms with Gasteiger partial charge in [-0.05, 0) is 38.0 Å². The fourth-order valence-corrected chi connectivity index (χ4v) is 4.75. The molecule has 3 aromatic heterocycles. The molecule has 1 aliphatic carbocycles. The number of halogens is 2. The SMILES string of the molecule is Cc1nc2c(-c3ccc(Cl)cc3F)nc(N3C[C@@H](c4cnn(C)c4)OC4(CC4)C3)nc2c(=O)n1C. The molecule has 6 rings (SSSR count). The summed E-state index contributed by atoms with van der Waals surface area (Å²) in [6.45, 7) is 2.77. The van der Waals surface area contributed by atoms with Crippen molar-refractivity contribution in [3.05, 3.63) is 63.2 Å². The maximum absolute atomic E-state index is 15.0. The Hall–Kier alpha value is -3.37. The van der Waals surface area contributed by atoms with E-state index in [1.807, 2.05) is 18.1 Å². The van der Waals surface area contributed by atoms with Gasteiger partial charge in [0.25, 0.3) is 5.56 Å². The average Bonchev–Trinajstić information content (AvgIpc) is 3.41. The van der Waals surface area contributed by atoms with Crippen molar-refractivity contribution in [1.29, 1.82) is 0 Å². The van der Waals surface area contributed by atoms with Crippen molar-refractivity contribution in [2.45, 2.75) is 31.5 Å². The summed E-state index contributed by atoms with van der Waals surface area (Å²) in [7, 11) is 3.50. The molecule has 1 aromatic carbocycles. The van der Waals surface area contributed by atoms with Crippen LogP contribution in [0.3, 0.4) is 0 Å². The summed E-state index contributed by atoms with van der Waals surface area (Å²) in [4.78, 5) is 29.2. The molecule has 9 nitrogen and oxygen atoms in total. The Morgan fingerprint density at radius 1 is 1.17 bits per heavy atom. The molecule has 11 heteroatoms. The van der Waals surface area contributed by atoms with Crippen LogP contribution in [0.1, 0.15) is 30.3 Å². The Morgan fingerprint density at radius 3 is 2.66 bits per heavy atom. The lowest BCUT2D eigenvalue weighted by Crippen LogP contribution is -2.46. The first-order valence-electron chi connectivity index (χ1n) is 11.4. The maximum Gasteiger partial charge on any atom is 0.279 e. The van der Waals surface area contributed by atoms with E-state index >= 15 is 4.39 Å². The highest BCUT2D eigenvalue weighted by atomic mass is 35.5. The number of hydrogen-bond donors (Lipinski definition) is 0. The zero-order valence-corrected chi connectivity index (χ0v) is 20.3. The van der Waals surface area contributed by atoms with Crippen molar-refractivity contribution >= 4 is 28.6 Å². The number of aromatic nitrogens is 6. The van der Waals surface area contributed by atoms with Crippen LogP contribution in [0.2, 0.25) is 5.02 Å². The van der Waals surface area contributed by atoms with Crippen LogP contribution in [-0.2, 0) is 18.8 Å². The van der Waals surface area contributed by atoms with E-state index < -0.39 is 5.82 Å². The van der Waals surface area contributed by atoms with Gasteiger partial charge in [0.15, 0.2) is 5.52 Å². The summed E-state index contributed by atoms with van der Waals surface area (Å²) in [5.74, 6) is 0.278. The normalized spacial score (nSPS) is 19.0. The summed E-state index contributed by atoms with van der Waals surface area (Å²) < 4.78 is 24.6. The standard InChI is InChI=1S/C24H23ClFN7O2/c1-13-28-20-19(16-5-4-15(25)8-17(16)26)29-23(30-21(20)22(34)32(13)3)33-11-18(14-9-27-31(2)10-14)35-24(12-33)6-7-24/h4-5,8-10,18H,6-7,11-12H2,1-3H3/t18-/m0/s1. The number of aryl methyl sites for hydroxylation is 2. The Balaban J connectivity index is 1.53. The first-order chi connectivity index (χ1) is 16.7. The number of benzene rings is 1. The molecule has 0 N–H and O–H groups in total. The maximum atomic E-state index is 15.0. The van der Waals surface area contributed by atoms with Crippen LogP contribution >= 0.6 is 11.6 Å². The van der Waals surface area contributed by atoms with Crippen LogP contribution < -0.4 is 10.5 Å². The smallest absolute Gasteiger partial charge is 0.279 e. The van der Waals surface area contributed by atoms with Crippen molar-refractivity contribution in [2.75, 3.05) is 18.0 Å². The zero-order valence-electron chi connectivity index (χ0n) is 19.5. The Bertz CT molecular complexity index is 1550. The molecule has 0 bridgehead atoms. The number of rotatable bonds is 3. The topological polar surface area (TPSA) is 91.0 Å². The quantitative estimate of drug-likeness (QED) is 0.430. The van der Waals surface area contributed by atoms with Crippen molar-refractivity contribution in [3.8, 4) is 11.3 Å². The molecule has 35 heavy (non-hydrogen) atoms. The molecule has 1 saturated heterocycles. The summed E-state index contributed by atoms with van der Waals surface area (Å²) in [5.41, 5.74) is 1.22.